The monoisotopic (exact) mass is 271 g/mol. The van der Waals surface area contributed by atoms with E-state index in [1.54, 1.807) is 0 Å². The molecule has 19 heavy (non-hydrogen) atoms. The highest BCUT2D eigenvalue weighted by Crippen LogP contribution is 2.26. The predicted octanol–water partition coefficient (Wildman–Crippen LogP) is 1.78. The van der Waals surface area contributed by atoms with Crippen molar-refractivity contribution in [1.82, 2.24) is 4.90 Å². The number of hydrogen-bond acceptors (Lipinski definition) is 4. The fraction of sp³-hybridized carbons (Fsp3) is 0.929. The Balaban J connectivity index is 2.39. The van der Waals surface area contributed by atoms with E-state index in [1.165, 1.54) is 25.7 Å². The van der Waals surface area contributed by atoms with Gasteiger partial charge >= 0.3 is 0 Å². The maximum atomic E-state index is 9.17. The molecular formula is C14H29N3O2. The van der Waals surface area contributed by atoms with Gasteiger partial charge in [-0.1, -0.05) is 31.8 Å². The van der Waals surface area contributed by atoms with Gasteiger partial charge in [0.2, 0.25) is 0 Å². The molecule has 5 heteroatoms. The van der Waals surface area contributed by atoms with Crippen LogP contribution in [0.15, 0.2) is 5.16 Å². The van der Waals surface area contributed by atoms with Gasteiger partial charge in [-0.25, -0.2) is 0 Å². The van der Waals surface area contributed by atoms with Gasteiger partial charge in [-0.2, -0.15) is 0 Å². The zero-order chi connectivity index (χ0) is 14.3. The van der Waals surface area contributed by atoms with Crippen molar-refractivity contribution in [2.45, 2.75) is 58.4 Å². The molecule has 0 heterocycles. The van der Waals surface area contributed by atoms with Crippen LogP contribution in [0, 0.1) is 5.41 Å². The summed E-state index contributed by atoms with van der Waals surface area (Å²) in [6, 6.07) is 0.638. The van der Waals surface area contributed by atoms with Crippen LogP contribution in [0.5, 0.6) is 0 Å². The summed E-state index contributed by atoms with van der Waals surface area (Å²) in [4.78, 5) is 2.40. The number of nitrogens with zero attached hydrogens (tertiary/aromatic N) is 2. The first-order chi connectivity index (χ1) is 9.01. The van der Waals surface area contributed by atoms with Crippen LogP contribution in [0.4, 0.5) is 0 Å². The van der Waals surface area contributed by atoms with Crippen LogP contribution < -0.4 is 5.73 Å². The topological polar surface area (TPSA) is 82.1 Å². The fourth-order valence-corrected chi connectivity index (χ4v) is 2.86. The quantitative estimate of drug-likeness (QED) is 0.272. The number of aliphatic hydroxyl groups excluding tert-OH is 1. The van der Waals surface area contributed by atoms with Gasteiger partial charge in [0.25, 0.3) is 0 Å². The van der Waals surface area contributed by atoms with Crippen molar-refractivity contribution in [3.63, 3.8) is 0 Å². The zero-order valence-electron chi connectivity index (χ0n) is 12.3. The summed E-state index contributed by atoms with van der Waals surface area (Å²) in [5.74, 6) is 0.294. The van der Waals surface area contributed by atoms with Crippen molar-refractivity contribution in [2.75, 3.05) is 19.7 Å². The smallest absolute Gasteiger partial charge is 0.144 e. The summed E-state index contributed by atoms with van der Waals surface area (Å²) in [6.07, 6.45) is 7.01. The van der Waals surface area contributed by atoms with Crippen molar-refractivity contribution in [1.29, 1.82) is 0 Å². The molecule has 0 saturated heterocycles. The lowest BCUT2D eigenvalue weighted by molar-refractivity contribution is 0.146. The number of rotatable bonds is 8. The molecule has 0 unspecified atom stereocenters. The molecule has 5 nitrogen and oxygen atoms in total. The van der Waals surface area contributed by atoms with E-state index in [9.17, 15) is 0 Å². The molecule has 1 fully saturated rings. The molecule has 1 aliphatic rings. The number of oxime groups is 1. The Labute approximate surface area is 116 Å². The van der Waals surface area contributed by atoms with Crippen LogP contribution in [-0.4, -0.2) is 46.8 Å². The molecule has 0 aromatic rings. The van der Waals surface area contributed by atoms with Gasteiger partial charge in [0, 0.05) is 18.0 Å². The van der Waals surface area contributed by atoms with Crippen LogP contribution in [0.25, 0.3) is 0 Å². The summed E-state index contributed by atoms with van der Waals surface area (Å²) in [6.45, 7) is 5.95. The third kappa shape index (κ3) is 4.99. The Morgan fingerprint density at radius 2 is 1.95 bits per heavy atom. The molecule has 1 aliphatic carbocycles. The van der Waals surface area contributed by atoms with Gasteiger partial charge in [0.15, 0.2) is 0 Å². The zero-order valence-corrected chi connectivity index (χ0v) is 12.3. The first-order valence-corrected chi connectivity index (χ1v) is 7.34. The van der Waals surface area contributed by atoms with E-state index in [-0.39, 0.29) is 12.0 Å². The maximum absolute atomic E-state index is 9.17. The largest absolute Gasteiger partial charge is 0.409 e. The second kappa shape index (κ2) is 7.70. The molecule has 1 rings (SSSR count). The summed E-state index contributed by atoms with van der Waals surface area (Å²) in [5.41, 5.74) is 5.43. The highest BCUT2D eigenvalue weighted by molar-refractivity contribution is 5.85. The summed E-state index contributed by atoms with van der Waals surface area (Å²) >= 11 is 0. The van der Waals surface area contributed by atoms with E-state index in [0.29, 0.717) is 11.9 Å². The van der Waals surface area contributed by atoms with Crippen molar-refractivity contribution < 1.29 is 10.3 Å². The molecule has 0 aromatic carbocycles. The summed E-state index contributed by atoms with van der Waals surface area (Å²) in [7, 11) is 0. The van der Waals surface area contributed by atoms with E-state index < -0.39 is 0 Å². The first kappa shape index (κ1) is 16.2. The first-order valence-electron chi connectivity index (χ1n) is 7.34. The molecule has 1 saturated carbocycles. The Morgan fingerprint density at radius 3 is 2.47 bits per heavy atom. The molecule has 0 amide bonds. The van der Waals surface area contributed by atoms with Crippen LogP contribution in [0.3, 0.4) is 0 Å². The highest BCUT2D eigenvalue weighted by atomic mass is 16.4. The van der Waals surface area contributed by atoms with E-state index in [1.807, 2.05) is 13.8 Å². The average Bonchev–Trinajstić information content (AvgIpc) is 2.90. The van der Waals surface area contributed by atoms with Gasteiger partial charge < -0.3 is 16.0 Å². The van der Waals surface area contributed by atoms with E-state index in [2.05, 4.69) is 10.1 Å². The molecule has 0 aromatic heterocycles. The minimum Gasteiger partial charge on any atom is -0.409 e. The van der Waals surface area contributed by atoms with Crippen LogP contribution in [-0.2, 0) is 0 Å². The summed E-state index contributed by atoms with van der Waals surface area (Å²) in [5, 5.41) is 21.0. The number of hydrogen-bond donors (Lipinski definition) is 3. The lowest BCUT2D eigenvalue weighted by Gasteiger charge is -2.30. The molecule has 0 aliphatic heterocycles. The second-order valence-corrected chi connectivity index (χ2v) is 6.17. The van der Waals surface area contributed by atoms with Crippen molar-refractivity contribution >= 4 is 5.84 Å². The Kier molecular flexibility index (Phi) is 6.58. The van der Waals surface area contributed by atoms with Crippen LogP contribution in [0.2, 0.25) is 0 Å². The number of amidine groups is 1. The third-order valence-electron chi connectivity index (χ3n) is 4.28. The summed E-state index contributed by atoms with van der Waals surface area (Å²) < 4.78 is 0. The van der Waals surface area contributed by atoms with Gasteiger partial charge in [-0.15, -0.1) is 0 Å². The molecule has 0 spiro atoms. The Bertz CT molecular complexity index is 286. The number of nitrogens with two attached hydrogens (primary N) is 1. The van der Waals surface area contributed by atoms with Crippen LogP contribution in [0.1, 0.15) is 52.4 Å². The fourth-order valence-electron chi connectivity index (χ4n) is 2.86. The van der Waals surface area contributed by atoms with Gasteiger partial charge in [0.05, 0.1) is 6.61 Å². The highest BCUT2D eigenvalue weighted by Gasteiger charge is 2.25. The van der Waals surface area contributed by atoms with E-state index in [4.69, 9.17) is 16.0 Å². The standard InChI is InChI=1S/C14H29N3O2/c1-14(2,13(15)16-19)8-5-9-17(10-11-18)12-6-3-4-7-12/h12,18-19H,3-11H2,1-2H3,(H2,15,16). The molecule has 0 bridgehead atoms. The van der Waals surface area contributed by atoms with E-state index in [0.717, 1.165) is 25.9 Å². The molecular weight excluding hydrogens is 242 g/mol. The SMILES string of the molecule is CC(C)(CCCN(CCO)C1CCCC1)C(N)=NO. The Morgan fingerprint density at radius 1 is 1.32 bits per heavy atom. The minimum absolute atomic E-state index is 0.222. The molecule has 0 atom stereocenters. The number of aliphatic hydroxyl groups is 1. The maximum Gasteiger partial charge on any atom is 0.144 e. The Hall–Kier alpha value is -0.810. The second-order valence-electron chi connectivity index (χ2n) is 6.17. The van der Waals surface area contributed by atoms with Crippen LogP contribution >= 0.6 is 0 Å². The average molecular weight is 271 g/mol. The van der Waals surface area contributed by atoms with Gasteiger partial charge in [-0.05, 0) is 32.2 Å². The molecule has 0 radical (unpaired) electrons. The van der Waals surface area contributed by atoms with Crippen molar-refractivity contribution in [2.24, 2.45) is 16.3 Å². The molecule has 112 valence electrons. The third-order valence-corrected chi connectivity index (χ3v) is 4.28. The van der Waals surface area contributed by atoms with Gasteiger partial charge in [-0.3, -0.25) is 4.90 Å². The lowest BCUT2D eigenvalue weighted by Crippen LogP contribution is -2.38. The van der Waals surface area contributed by atoms with Crippen molar-refractivity contribution in [3.8, 4) is 0 Å². The molecule has 4 N–H and O–H groups in total. The predicted molar refractivity (Wildman–Crippen MR) is 77.3 cm³/mol. The van der Waals surface area contributed by atoms with Gasteiger partial charge in [0.1, 0.15) is 5.84 Å². The van der Waals surface area contributed by atoms with E-state index >= 15 is 0 Å². The van der Waals surface area contributed by atoms with Crippen molar-refractivity contribution in [3.05, 3.63) is 0 Å². The minimum atomic E-state index is -0.269. The lowest BCUT2D eigenvalue weighted by atomic mass is 9.86. The normalized spacial score (nSPS) is 18.4.